The summed E-state index contributed by atoms with van der Waals surface area (Å²) in [6.45, 7) is 2.43. The van der Waals surface area contributed by atoms with Gasteiger partial charge in [-0.15, -0.1) is 0 Å². The number of benzene rings is 2. The van der Waals surface area contributed by atoms with Crippen LogP contribution in [0, 0.1) is 0 Å². The predicted octanol–water partition coefficient (Wildman–Crippen LogP) is 3.61. The molecular formula is C22H26O4S. The van der Waals surface area contributed by atoms with Crippen molar-refractivity contribution < 1.29 is 19.4 Å². The van der Waals surface area contributed by atoms with Gasteiger partial charge in [-0.3, -0.25) is 4.79 Å². The lowest BCUT2D eigenvalue weighted by molar-refractivity contribution is -0.134. The third-order valence-electron chi connectivity index (χ3n) is 4.61. The van der Waals surface area contributed by atoms with Crippen LogP contribution in [-0.4, -0.2) is 40.2 Å². The van der Waals surface area contributed by atoms with Crippen LogP contribution in [0.5, 0.6) is 0 Å². The molecule has 3 rings (SSSR count). The third kappa shape index (κ3) is 5.91. The molecule has 144 valence electrons. The van der Waals surface area contributed by atoms with E-state index in [1.54, 1.807) is 18.7 Å². The summed E-state index contributed by atoms with van der Waals surface area (Å²) < 4.78 is 12.3. The summed E-state index contributed by atoms with van der Waals surface area (Å²) in [7, 11) is 0. The van der Waals surface area contributed by atoms with E-state index >= 15 is 0 Å². The number of hydrogen-bond acceptors (Lipinski definition) is 5. The van der Waals surface area contributed by atoms with Crippen LogP contribution in [0.2, 0.25) is 0 Å². The maximum Gasteiger partial charge on any atom is 0.131 e. The van der Waals surface area contributed by atoms with E-state index in [1.165, 1.54) is 0 Å². The quantitative estimate of drug-likeness (QED) is 0.751. The van der Waals surface area contributed by atoms with Gasteiger partial charge >= 0.3 is 0 Å². The Morgan fingerprint density at radius 2 is 1.48 bits per heavy atom. The molecule has 1 fully saturated rings. The average Bonchev–Trinajstić information content (AvgIpc) is 2.68. The van der Waals surface area contributed by atoms with Gasteiger partial charge in [-0.05, 0) is 18.1 Å². The topological polar surface area (TPSA) is 55.8 Å². The molecule has 1 N–H and O–H groups in total. The molecule has 27 heavy (non-hydrogen) atoms. The van der Waals surface area contributed by atoms with Crippen LogP contribution in [0.4, 0.5) is 0 Å². The van der Waals surface area contributed by atoms with Gasteiger partial charge in [0.2, 0.25) is 0 Å². The minimum Gasteiger partial charge on any atom is -0.389 e. The molecular weight excluding hydrogens is 360 g/mol. The molecule has 0 radical (unpaired) electrons. The van der Waals surface area contributed by atoms with Gasteiger partial charge in [0, 0.05) is 17.4 Å². The van der Waals surface area contributed by atoms with E-state index in [1.807, 2.05) is 60.7 Å². The third-order valence-corrected chi connectivity index (χ3v) is 6.01. The molecule has 0 bridgehead atoms. The van der Waals surface area contributed by atoms with Crippen LogP contribution in [-0.2, 0) is 27.5 Å². The number of carbonyl (C=O) groups is 1. The lowest BCUT2D eigenvalue weighted by atomic mass is 10.0. The lowest BCUT2D eigenvalue weighted by Crippen LogP contribution is -2.52. The molecule has 2 aromatic rings. The van der Waals surface area contributed by atoms with Crippen molar-refractivity contribution in [2.24, 2.45) is 0 Å². The van der Waals surface area contributed by atoms with Crippen LogP contribution in [0.1, 0.15) is 24.5 Å². The highest BCUT2D eigenvalue weighted by atomic mass is 32.2. The van der Waals surface area contributed by atoms with Gasteiger partial charge < -0.3 is 14.6 Å². The van der Waals surface area contributed by atoms with Crippen LogP contribution in [0.3, 0.4) is 0 Å². The van der Waals surface area contributed by atoms with Gasteiger partial charge in [-0.1, -0.05) is 60.7 Å². The SMILES string of the molecule is CC(=O)C[C@@H]1SC[C@H](O)[C@H](OCc2ccccc2)[C@H]1OCc1ccccc1. The monoisotopic (exact) mass is 386 g/mol. The number of aliphatic hydroxyl groups excluding tert-OH is 1. The van der Waals surface area contributed by atoms with Crippen LogP contribution < -0.4 is 0 Å². The fourth-order valence-electron chi connectivity index (χ4n) is 3.24. The lowest BCUT2D eigenvalue weighted by Gasteiger charge is -2.40. The van der Waals surface area contributed by atoms with E-state index in [0.717, 1.165) is 11.1 Å². The second kappa shape index (κ2) is 10.0. The molecule has 0 unspecified atom stereocenters. The normalized spacial score (nSPS) is 25.3. The van der Waals surface area contributed by atoms with Gasteiger partial charge in [-0.2, -0.15) is 11.8 Å². The fraction of sp³-hybridized carbons (Fsp3) is 0.409. The van der Waals surface area contributed by atoms with Crippen molar-refractivity contribution in [3.05, 3.63) is 71.8 Å². The highest BCUT2D eigenvalue weighted by Crippen LogP contribution is 2.33. The van der Waals surface area contributed by atoms with Gasteiger partial charge in [-0.25, -0.2) is 0 Å². The Labute approximate surface area is 164 Å². The Morgan fingerprint density at radius 1 is 0.963 bits per heavy atom. The number of aliphatic hydroxyl groups is 1. The number of hydrogen-bond donors (Lipinski definition) is 1. The number of carbonyl (C=O) groups excluding carboxylic acids is 1. The highest BCUT2D eigenvalue weighted by Gasteiger charge is 2.41. The summed E-state index contributed by atoms with van der Waals surface area (Å²) in [6, 6.07) is 19.8. The number of ketones is 1. The molecule has 1 aliphatic rings. The standard InChI is InChI=1S/C22H26O4S/c1-16(23)12-20-22(26-14-18-10-6-3-7-11-18)21(19(24)15-27-20)25-13-17-8-4-2-5-9-17/h2-11,19-22,24H,12-15H2,1H3/t19-,20-,21-,22-/m0/s1. The second-order valence-corrected chi connectivity index (χ2v) is 8.14. The Hall–Kier alpha value is -1.66. The average molecular weight is 387 g/mol. The maximum absolute atomic E-state index is 11.7. The van der Waals surface area contributed by atoms with Crippen molar-refractivity contribution in [2.45, 2.75) is 50.1 Å². The molecule has 0 saturated carbocycles. The van der Waals surface area contributed by atoms with Crippen molar-refractivity contribution in [3.8, 4) is 0 Å². The summed E-state index contributed by atoms with van der Waals surface area (Å²) >= 11 is 1.59. The van der Waals surface area contributed by atoms with Gasteiger partial charge in [0.05, 0.1) is 25.4 Å². The smallest absolute Gasteiger partial charge is 0.131 e. The first kappa shape index (κ1) is 20.1. The Balaban J connectivity index is 1.71. The van der Waals surface area contributed by atoms with E-state index in [2.05, 4.69) is 0 Å². The largest absolute Gasteiger partial charge is 0.389 e. The Bertz CT molecular complexity index is 707. The molecule has 1 saturated heterocycles. The first-order chi connectivity index (χ1) is 13.1. The van der Waals surface area contributed by atoms with Crippen LogP contribution in [0.25, 0.3) is 0 Å². The minimum atomic E-state index is -0.623. The number of Topliss-reactive ketones (excluding diaryl/α,β-unsaturated/α-hetero) is 1. The van der Waals surface area contributed by atoms with Crippen molar-refractivity contribution in [2.75, 3.05) is 5.75 Å². The van der Waals surface area contributed by atoms with E-state index in [4.69, 9.17) is 9.47 Å². The summed E-state index contributed by atoms with van der Waals surface area (Å²) in [5, 5.41) is 10.5. The molecule has 2 aromatic carbocycles. The summed E-state index contributed by atoms with van der Waals surface area (Å²) in [5.74, 6) is 0.668. The minimum absolute atomic E-state index is 0.0182. The van der Waals surface area contributed by atoms with E-state index in [0.29, 0.717) is 25.4 Å². The molecule has 0 aromatic heterocycles. The first-order valence-electron chi connectivity index (χ1n) is 9.23. The van der Waals surface area contributed by atoms with Crippen LogP contribution in [0.15, 0.2) is 60.7 Å². The first-order valence-corrected chi connectivity index (χ1v) is 10.3. The molecule has 1 aliphatic heterocycles. The van der Waals surface area contributed by atoms with Crippen LogP contribution >= 0.6 is 11.8 Å². The zero-order chi connectivity index (χ0) is 19.1. The molecule has 0 amide bonds. The summed E-state index contributed by atoms with van der Waals surface area (Å²) in [5.41, 5.74) is 2.11. The van der Waals surface area contributed by atoms with Gasteiger partial charge in [0.25, 0.3) is 0 Å². The Kier molecular flexibility index (Phi) is 7.47. The van der Waals surface area contributed by atoms with Gasteiger partial charge in [0.15, 0.2) is 0 Å². The number of ether oxygens (including phenoxy) is 2. The van der Waals surface area contributed by atoms with Crippen molar-refractivity contribution >= 4 is 17.5 Å². The highest BCUT2D eigenvalue weighted by molar-refractivity contribution is 8.00. The zero-order valence-corrected chi connectivity index (χ0v) is 16.3. The second-order valence-electron chi connectivity index (χ2n) is 6.87. The van der Waals surface area contributed by atoms with E-state index < -0.39 is 12.2 Å². The van der Waals surface area contributed by atoms with Gasteiger partial charge in [0.1, 0.15) is 11.9 Å². The molecule has 0 aliphatic carbocycles. The number of thioether (sulfide) groups is 1. The fourth-order valence-corrected chi connectivity index (χ4v) is 4.65. The predicted molar refractivity (Wildman–Crippen MR) is 108 cm³/mol. The van der Waals surface area contributed by atoms with Crippen molar-refractivity contribution in [3.63, 3.8) is 0 Å². The zero-order valence-electron chi connectivity index (χ0n) is 15.5. The number of rotatable bonds is 8. The molecule has 5 heteroatoms. The Morgan fingerprint density at radius 3 is 2.00 bits per heavy atom. The van der Waals surface area contributed by atoms with Crippen molar-refractivity contribution in [1.82, 2.24) is 0 Å². The van der Waals surface area contributed by atoms with Crippen molar-refractivity contribution in [1.29, 1.82) is 0 Å². The molecule has 0 spiro atoms. The molecule has 4 nitrogen and oxygen atoms in total. The maximum atomic E-state index is 11.7. The summed E-state index contributed by atoms with van der Waals surface area (Å²) in [4.78, 5) is 11.7. The summed E-state index contributed by atoms with van der Waals surface area (Å²) in [6.07, 6.45) is -1.00. The van der Waals surface area contributed by atoms with E-state index in [-0.39, 0.29) is 17.1 Å². The molecule has 4 atom stereocenters. The molecule has 1 heterocycles. The van der Waals surface area contributed by atoms with E-state index in [9.17, 15) is 9.90 Å².